The van der Waals surface area contributed by atoms with Crippen LogP contribution in [0.1, 0.15) is 36.7 Å². The van der Waals surface area contributed by atoms with Crippen LogP contribution >= 0.6 is 0 Å². The highest BCUT2D eigenvalue weighted by molar-refractivity contribution is 6.01. The van der Waals surface area contributed by atoms with Crippen molar-refractivity contribution in [3.8, 4) is 0 Å². The molecule has 2 atom stereocenters. The number of anilines is 1. The normalized spacial score (nSPS) is 20.0. The Bertz CT molecular complexity index is 986. The van der Waals surface area contributed by atoms with E-state index < -0.39 is 11.2 Å². The summed E-state index contributed by atoms with van der Waals surface area (Å²) in [4.78, 5) is 40.7. The fraction of sp³-hybridized carbons (Fsp3) is 0.476. The zero-order valence-corrected chi connectivity index (χ0v) is 17.1. The van der Waals surface area contributed by atoms with Gasteiger partial charge in [0.15, 0.2) is 5.78 Å². The predicted octanol–water partition coefficient (Wildman–Crippen LogP) is 0.952. The van der Waals surface area contributed by atoms with E-state index in [2.05, 4.69) is 0 Å². The Kier molecular flexibility index (Phi) is 6.34. The van der Waals surface area contributed by atoms with E-state index in [9.17, 15) is 14.4 Å². The molecule has 0 radical (unpaired) electrons. The van der Waals surface area contributed by atoms with E-state index in [0.717, 1.165) is 10.1 Å². The molecule has 1 aromatic heterocycles. The minimum absolute atomic E-state index is 0.00299. The smallest absolute Gasteiger partial charge is 0.332 e. The molecule has 8 nitrogen and oxygen atoms in total. The molecule has 1 saturated heterocycles. The van der Waals surface area contributed by atoms with Gasteiger partial charge in [-0.05, 0) is 26.3 Å². The molecular formula is C21H28N4O4. The molecule has 2 aromatic rings. The lowest BCUT2D eigenvalue weighted by molar-refractivity contribution is -0.0652. The number of hydrogen-bond acceptors (Lipinski definition) is 6. The molecule has 1 aliphatic heterocycles. The van der Waals surface area contributed by atoms with Crippen molar-refractivity contribution in [2.75, 3.05) is 25.4 Å². The summed E-state index contributed by atoms with van der Waals surface area (Å²) in [5.41, 5.74) is 5.81. The Morgan fingerprint density at radius 3 is 2.31 bits per heavy atom. The molecule has 0 spiro atoms. The van der Waals surface area contributed by atoms with Gasteiger partial charge in [-0.3, -0.25) is 23.6 Å². The van der Waals surface area contributed by atoms with Crippen molar-refractivity contribution in [3.05, 3.63) is 62.3 Å². The Labute approximate surface area is 169 Å². The Morgan fingerprint density at radius 1 is 1.10 bits per heavy atom. The largest absolute Gasteiger partial charge is 0.384 e. The average Bonchev–Trinajstić information content (AvgIpc) is 2.65. The highest BCUT2D eigenvalue weighted by Crippen LogP contribution is 2.14. The molecule has 1 aromatic carbocycles. The second-order valence-electron chi connectivity index (χ2n) is 7.54. The van der Waals surface area contributed by atoms with Crippen molar-refractivity contribution in [1.82, 2.24) is 14.0 Å². The van der Waals surface area contributed by atoms with Crippen molar-refractivity contribution < 1.29 is 9.53 Å². The van der Waals surface area contributed by atoms with Gasteiger partial charge in [-0.15, -0.1) is 0 Å². The number of carbonyl (C=O) groups excluding carboxylic acids is 1. The van der Waals surface area contributed by atoms with Gasteiger partial charge in [0, 0.05) is 19.6 Å². The standard InChI is InChI=1S/C21H28N4O4/c1-4-24-20(27)18(17(26)13-23-10-14(2)29-15(3)11-23)19(22)25(21(24)28)12-16-8-6-5-7-9-16/h5-9,14-15H,4,10-13,22H2,1-3H3/t14-,15-/m0/s1. The lowest BCUT2D eigenvalue weighted by atomic mass is 10.1. The summed E-state index contributed by atoms with van der Waals surface area (Å²) in [5, 5.41) is 0. The van der Waals surface area contributed by atoms with Gasteiger partial charge in [0.2, 0.25) is 0 Å². The lowest BCUT2D eigenvalue weighted by Crippen LogP contribution is -2.49. The summed E-state index contributed by atoms with van der Waals surface area (Å²) < 4.78 is 8.07. The molecule has 0 unspecified atom stereocenters. The van der Waals surface area contributed by atoms with E-state index in [-0.39, 0.29) is 49.0 Å². The summed E-state index contributed by atoms with van der Waals surface area (Å²) >= 11 is 0. The van der Waals surface area contributed by atoms with Crippen LogP contribution in [-0.4, -0.2) is 51.7 Å². The minimum atomic E-state index is -0.626. The van der Waals surface area contributed by atoms with Gasteiger partial charge in [-0.25, -0.2) is 4.79 Å². The molecule has 2 heterocycles. The summed E-state index contributed by atoms with van der Waals surface area (Å²) in [6.07, 6.45) is 0.00598. The average molecular weight is 400 g/mol. The van der Waals surface area contributed by atoms with Crippen molar-refractivity contribution in [1.29, 1.82) is 0 Å². The van der Waals surface area contributed by atoms with Crippen molar-refractivity contribution in [2.45, 2.75) is 46.1 Å². The summed E-state index contributed by atoms with van der Waals surface area (Å²) in [6, 6.07) is 9.33. The zero-order chi connectivity index (χ0) is 21.1. The van der Waals surface area contributed by atoms with Crippen LogP contribution in [0.5, 0.6) is 0 Å². The van der Waals surface area contributed by atoms with Crippen LogP contribution in [0.2, 0.25) is 0 Å². The number of rotatable bonds is 6. The molecule has 0 saturated carbocycles. The molecule has 0 bridgehead atoms. The van der Waals surface area contributed by atoms with E-state index in [1.807, 2.05) is 49.1 Å². The van der Waals surface area contributed by atoms with Gasteiger partial charge < -0.3 is 10.5 Å². The number of carbonyl (C=O) groups is 1. The Hall–Kier alpha value is -2.71. The van der Waals surface area contributed by atoms with E-state index in [0.29, 0.717) is 13.1 Å². The summed E-state index contributed by atoms with van der Waals surface area (Å²) in [7, 11) is 0. The molecule has 1 fully saturated rings. The van der Waals surface area contributed by atoms with Gasteiger partial charge in [-0.1, -0.05) is 30.3 Å². The fourth-order valence-corrected chi connectivity index (χ4v) is 3.87. The van der Waals surface area contributed by atoms with Crippen LogP contribution in [0.3, 0.4) is 0 Å². The predicted molar refractivity (Wildman–Crippen MR) is 111 cm³/mol. The first kappa shape index (κ1) is 21.0. The number of benzene rings is 1. The van der Waals surface area contributed by atoms with Gasteiger partial charge in [-0.2, -0.15) is 0 Å². The first-order valence-electron chi connectivity index (χ1n) is 9.89. The number of aromatic nitrogens is 2. The number of nitrogen functional groups attached to an aromatic ring is 1. The van der Waals surface area contributed by atoms with Crippen LogP contribution in [0.4, 0.5) is 5.82 Å². The molecule has 0 aliphatic carbocycles. The van der Waals surface area contributed by atoms with Crippen molar-refractivity contribution in [3.63, 3.8) is 0 Å². The second-order valence-corrected chi connectivity index (χ2v) is 7.54. The molecule has 1 aliphatic rings. The Balaban J connectivity index is 1.99. The van der Waals surface area contributed by atoms with Crippen molar-refractivity contribution >= 4 is 11.6 Å². The number of Topliss-reactive ketones (excluding diaryl/α,β-unsaturated/α-hetero) is 1. The third-order valence-corrected chi connectivity index (χ3v) is 5.11. The summed E-state index contributed by atoms with van der Waals surface area (Å²) in [6.45, 7) is 7.22. The maximum absolute atomic E-state index is 13.1. The first-order valence-corrected chi connectivity index (χ1v) is 9.89. The molecule has 29 heavy (non-hydrogen) atoms. The van der Waals surface area contributed by atoms with Crippen LogP contribution < -0.4 is 17.0 Å². The van der Waals surface area contributed by atoms with Crippen LogP contribution in [0, 0.1) is 0 Å². The summed E-state index contributed by atoms with van der Waals surface area (Å²) in [5.74, 6) is -0.453. The molecule has 3 rings (SSSR count). The van der Waals surface area contributed by atoms with E-state index in [1.54, 1.807) is 6.92 Å². The SMILES string of the molecule is CCn1c(=O)c(C(=O)CN2C[C@H](C)O[C@@H](C)C2)c(N)n(Cc2ccccc2)c1=O. The topological polar surface area (TPSA) is 99.6 Å². The number of hydrogen-bond donors (Lipinski definition) is 1. The highest BCUT2D eigenvalue weighted by Gasteiger charge is 2.28. The number of ketones is 1. The van der Waals surface area contributed by atoms with E-state index >= 15 is 0 Å². The monoisotopic (exact) mass is 400 g/mol. The third kappa shape index (κ3) is 4.49. The maximum atomic E-state index is 13.1. The van der Waals surface area contributed by atoms with Crippen LogP contribution in [-0.2, 0) is 17.8 Å². The van der Waals surface area contributed by atoms with Gasteiger partial charge >= 0.3 is 5.69 Å². The molecule has 156 valence electrons. The maximum Gasteiger partial charge on any atom is 0.332 e. The van der Waals surface area contributed by atoms with Crippen LogP contribution in [0.15, 0.2) is 39.9 Å². The molecule has 0 amide bonds. The zero-order valence-electron chi connectivity index (χ0n) is 17.1. The first-order chi connectivity index (χ1) is 13.8. The number of nitrogens with two attached hydrogens (primary N) is 1. The number of ether oxygens (including phenoxy) is 1. The number of nitrogens with zero attached hydrogens (tertiary/aromatic N) is 3. The minimum Gasteiger partial charge on any atom is -0.384 e. The molecular weight excluding hydrogens is 372 g/mol. The Morgan fingerprint density at radius 2 is 1.72 bits per heavy atom. The molecule has 8 heteroatoms. The fourth-order valence-electron chi connectivity index (χ4n) is 3.87. The van der Waals surface area contributed by atoms with Crippen molar-refractivity contribution in [2.24, 2.45) is 0 Å². The van der Waals surface area contributed by atoms with Gasteiger partial charge in [0.25, 0.3) is 5.56 Å². The van der Waals surface area contributed by atoms with E-state index in [4.69, 9.17) is 10.5 Å². The van der Waals surface area contributed by atoms with Gasteiger partial charge in [0.1, 0.15) is 11.4 Å². The van der Waals surface area contributed by atoms with Crippen LogP contribution in [0.25, 0.3) is 0 Å². The van der Waals surface area contributed by atoms with Gasteiger partial charge in [0.05, 0.1) is 25.3 Å². The third-order valence-electron chi connectivity index (χ3n) is 5.11. The highest BCUT2D eigenvalue weighted by atomic mass is 16.5. The quantitative estimate of drug-likeness (QED) is 0.725. The molecule has 2 N–H and O–H groups in total. The lowest BCUT2D eigenvalue weighted by Gasteiger charge is -2.34. The second kappa shape index (κ2) is 8.75. The van der Waals surface area contributed by atoms with E-state index in [1.165, 1.54) is 4.57 Å². The number of morpholine rings is 1.